The Morgan fingerprint density at radius 3 is 2.35 bits per heavy atom. The lowest BCUT2D eigenvalue weighted by Gasteiger charge is -2.39. The van der Waals surface area contributed by atoms with Crippen LogP contribution in [0.4, 0.5) is 0 Å². The number of nitrogens with zero attached hydrogens (tertiary/aromatic N) is 2. The predicted octanol–water partition coefficient (Wildman–Crippen LogP) is 6.77. The zero-order valence-electron chi connectivity index (χ0n) is 17.6. The number of aromatic amines is 1. The number of fused-ring (bicyclic) bond motifs is 1. The van der Waals surface area contributed by atoms with Gasteiger partial charge in [0.25, 0.3) is 0 Å². The van der Waals surface area contributed by atoms with Crippen molar-refractivity contribution in [3.8, 4) is 0 Å². The third kappa shape index (κ3) is 5.22. The summed E-state index contributed by atoms with van der Waals surface area (Å²) in [6.07, 6.45) is 7.46. The summed E-state index contributed by atoms with van der Waals surface area (Å²) in [6.45, 7) is 8.22. The topological polar surface area (TPSA) is 22.3 Å². The molecule has 0 amide bonds. The number of aromatic nitrogens is 1. The van der Waals surface area contributed by atoms with Gasteiger partial charge in [-0.3, -0.25) is 9.80 Å². The fraction of sp³-hybridized carbons (Fsp3) is 0.500. The summed E-state index contributed by atoms with van der Waals surface area (Å²) in [7, 11) is 0. The van der Waals surface area contributed by atoms with Gasteiger partial charge in [0.15, 0.2) is 0 Å². The van der Waals surface area contributed by atoms with E-state index >= 15 is 0 Å². The van der Waals surface area contributed by atoms with E-state index in [0.717, 1.165) is 6.67 Å². The molecule has 2 aliphatic rings. The number of para-hydroxylation sites is 1. The number of likely N-dealkylation sites (tertiary alicyclic amines) is 2. The van der Waals surface area contributed by atoms with Gasteiger partial charge in [-0.15, -0.1) is 0 Å². The Balaban J connectivity index is 0.00000136. The van der Waals surface area contributed by atoms with Gasteiger partial charge in [-0.05, 0) is 81.3 Å². The molecule has 5 rings (SSSR count). The molecule has 0 radical (unpaired) electrons. The molecule has 2 fully saturated rings. The van der Waals surface area contributed by atoms with E-state index in [1.165, 1.54) is 79.5 Å². The first kappa shape index (κ1) is 23.6. The average Bonchev–Trinajstić information content (AvgIpc) is 3.19. The van der Waals surface area contributed by atoms with Crippen LogP contribution in [0.3, 0.4) is 0 Å². The highest BCUT2D eigenvalue weighted by Gasteiger charge is 2.26. The maximum atomic E-state index is 3.46. The number of benzene rings is 2. The van der Waals surface area contributed by atoms with Gasteiger partial charge in [-0.2, -0.15) is 0 Å². The van der Waals surface area contributed by atoms with Crippen LogP contribution in [0.15, 0.2) is 54.7 Å². The van der Waals surface area contributed by atoms with E-state index in [9.17, 15) is 0 Å². The van der Waals surface area contributed by atoms with E-state index in [4.69, 9.17) is 0 Å². The second-order valence-electron chi connectivity index (χ2n) is 9.15. The number of aryl methyl sites for hydroxylation is 1. The number of rotatable bonds is 4. The minimum Gasteiger partial charge on any atom is -0.361 e. The number of nitrogens with one attached hydrogen (secondary N) is 1. The van der Waals surface area contributed by atoms with Crippen molar-refractivity contribution in [2.75, 3.05) is 32.8 Å². The largest absolute Gasteiger partial charge is 0.361 e. The van der Waals surface area contributed by atoms with E-state index in [0.29, 0.717) is 11.8 Å². The molecule has 2 aliphatic heterocycles. The molecule has 0 aliphatic carbocycles. The summed E-state index contributed by atoms with van der Waals surface area (Å²) >= 11 is 0. The molecule has 1 aromatic heterocycles. The Labute approximate surface area is 189 Å². The van der Waals surface area contributed by atoms with Gasteiger partial charge >= 0.3 is 0 Å². The summed E-state index contributed by atoms with van der Waals surface area (Å²) in [5, 5.41) is 1.42. The highest BCUT2D eigenvalue weighted by molar-refractivity contribution is 5.83. The van der Waals surface area contributed by atoms with Crippen molar-refractivity contribution in [2.45, 2.75) is 59.3 Å². The Bertz CT molecular complexity index is 934. The first-order valence-corrected chi connectivity index (χ1v) is 11.3. The van der Waals surface area contributed by atoms with Crippen LogP contribution in [-0.4, -0.2) is 47.6 Å². The van der Waals surface area contributed by atoms with E-state index < -0.39 is 0 Å². The maximum absolute atomic E-state index is 3.46. The second-order valence-corrected chi connectivity index (χ2v) is 9.15. The smallest absolute Gasteiger partial charge is 0.0506 e. The van der Waals surface area contributed by atoms with Crippen molar-refractivity contribution in [1.82, 2.24) is 14.8 Å². The standard InChI is InChI=1S/C26H33N3.2CH4/c1-20-8-10-21(11-9-20)23-5-4-14-29(18-23)19-28-15-12-22(13-16-28)25-17-27-26-7-3-2-6-24(25)26;;/h2-3,6-11,17,22-23,27H,4-5,12-16,18-19H2,1H3;2*1H4. The lowest BCUT2D eigenvalue weighted by atomic mass is 9.89. The minimum atomic E-state index is 0. The summed E-state index contributed by atoms with van der Waals surface area (Å²) < 4.78 is 0. The van der Waals surface area contributed by atoms with Crippen molar-refractivity contribution < 1.29 is 0 Å². The molecule has 1 atom stereocenters. The van der Waals surface area contributed by atoms with Crippen LogP contribution >= 0.6 is 0 Å². The Morgan fingerprint density at radius 2 is 1.58 bits per heavy atom. The van der Waals surface area contributed by atoms with Gasteiger partial charge in [-0.25, -0.2) is 0 Å². The highest BCUT2D eigenvalue weighted by Crippen LogP contribution is 2.33. The number of piperidine rings is 2. The molecule has 0 bridgehead atoms. The second kappa shape index (κ2) is 10.5. The van der Waals surface area contributed by atoms with Gasteiger partial charge in [0, 0.05) is 23.6 Å². The van der Waals surface area contributed by atoms with E-state index in [2.05, 4.69) is 76.4 Å². The average molecular weight is 420 g/mol. The van der Waals surface area contributed by atoms with Gasteiger partial charge in [0.2, 0.25) is 0 Å². The van der Waals surface area contributed by atoms with Gasteiger partial charge in [0.1, 0.15) is 0 Å². The molecule has 0 spiro atoms. The summed E-state index contributed by atoms with van der Waals surface area (Å²) in [4.78, 5) is 8.84. The SMILES string of the molecule is C.C.Cc1ccc(C2CCCN(CN3CCC(c4c[nH]c5ccccc45)CC3)C2)cc1. The van der Waals surface area contributed by atoms with E-state index in [1.54, 1.807) is 0 Å². The van der Waals surface area contributed by atoms with E-state index in [-0.39, 0.29) is 14.9 Å². The molecule has 3 heterocycles. The first-order valence-electron chi connectivity index (χ1n) is 11.3. The molecule has 31 heavy (non-hydrogen) atoms. The van der Waals surface area contributed by atoms with Gasteiger partial charge in [-0.1, -0.05) is 62.9 Å². The Kier molecular flexibility index (Phi) is 7.96. The summed E-state index contributed by atoms with van der Waals surface area (Å²) in [6, 6.07) is 18.0. The molecule has 168 valence electrons. The van der Waals surface area contributed by atoms with Crippen LogP contribution in [0, 0.1) is 6.92 Å². The quantitative estimate of drug-likeness (QED) is 0.504. The fourth-order valence-electron chi connectivity index (χ4n) is 5.39. The maximum Gasteiger partial charge on any atom is 0.0506 e. The van der Waals surface area contributed by atoms with Crippen LogP contribution in [0.1, 0.15) is 69.1 Å². The monoisotopic (exact) mass is 419 g/mol. The summed E-state index contributed by atoms with van der Waals surface area (Å²) in [5.74, 6) is 1.40. The van der Waals surface area contributed by atoms with Crippen LogP contribution < -0.4 is 0 Å². The van der Waals surface area contributed by atoms with Crippen molar-refractivity contribution in [3.63, 3.8) is 0 Å². The van der Waals surface area contributed by atoms with Crippen LogP contribution in [-0.2, 0) is 0 Å². The molecule has 1 unspecified atom stereocenters. The molecular weight excluding hydrogens is 378 g/mol. The van der Waals surface area contributed by atoms with Gasteiger partial charge < -0.3 is 4.98 Å². The molecule has 2 aromatic carbocycles. The zero-order valence-corrected chi connectivity index (χ0v) is 17.6. The van der Waals surface area contributed by atoms with Crippen molar-refractivity contribution in [3.05, 3.63) is 71.4 Å². The minimum absolute atomic E-state index is 0. The molecular formula is C28H41N3. The van der Waals surface area contributed by atoms with Crippen LogP contribution in [0.25, 0.3) is 10.9 Å². The molecule has 2 saturated heterocycles. The van der Waals surface area contributed by atoms with Crippen molar-refractivity contribution in [2.24, 2.45) is 0 Å². The molecule has 3 aromatic rings. The van der Waals surface area contributed by atoms with Crippen LogP contribution in [0.5, 0.6) is 0 Å². The number of hydrogen-bond donors (Lipinski definition) is 1. The highest BCUT2D eigenvalue weighted by atomic mass is 15.3. The number of H-pyrrole nitrogens is 1. The molecule has 1 N–H and O–H groups in total. The Morgan fingerprint density at radius 1 is 0.839 bits per heavy atom. The third-order valence-corrected chi connectivity index (χ3v) is 7.10. The predicted molar refractivity (Wildman–Crippen MR) is 135 cm³/mol. The van der Waals surface area contributed by atoms with E-state index in [1.807, 2.05) is 0 Å². The molecule has 3 nitrogen and oxygen atoms in total. The molecule has 3 heteroatoms. The lowest BCUT2D eigenvalue weighted by molar-refractivity contribution is 0.0858. The first-order chi connectivity index (χ1) is 14.3. The Hall–Kier alpha value is -2.10. The normalized spacial score (nSPS) is 20.9. The fourth-order valence-corrected chi connectivity index (χ4v) is 5.39. The summed E-state index contributed by atoms with van der Waals surface area (Å²) in [5.41, 5.74) is 5.69. The lowest BCUT2D eigenvalue weighted by Crippen LogP contribution is -2.45. The molecule has 0 saturated carbocycles. The van der Waals surface area contributed by atoms with Crippen molar-refractivity contribution >= 4 is 10.9 Å². The van der Waals surface area contributed by atoms with Crippen molar-refractivity contribution in [1.29, 1.82) is 0 Å². The van der Waals surface area contributed by atoms with Gasteiger partial charge in [0.05, 0.1) is 6.67 Å². The van der Waals surface area contributed by atoms with Crippen LogP contribution in [0.2, 0.25) is 0 Å². The zero-order chi connectivity index (χ0) is 19.6. The number of hydrogen-bond acceptors (Lipinski definition) is 2. The third-order valence-electron chi connectivity index (χ3n) is 7.10.